The van der Waals surface area contributed by atoms with E-state index in [1.165, 1.54) is 25.3 Å². The third-order valence-corrected chi connectivity index (χ3v) is 5.43. The summed E-state index contributed by atoms with van der Waals surface area (Å²) in [6.45, 7) is 0. The van der Waals surface area contributed by atoms with Crippen molar-refractivity contribution in [2.24, 2.45) is 0 Å². The summed E-state index contributed by atoms with van der Waals surface area (Å²) >= 11 is 6.05. The number of halogens is 5. The van der Waals surface area contributed by atoms with Gasteiger partial charge in [-0.05, 0) is 35.9 Å². The first kappa shape index (κ1) is 21.1. The monoisotopic (exact) mass is 449 g/mol. The molecule has 0 fully saturated rings. The Bertz CT molecular complexity index is 1170. The van der Waals surface area contributed by atoms with Crippen LogP contribution in [0.5, 0.6) is 5.75 Å². The molecule has 11 heteroatoms. The summed E-state index contributed by atoms with van der Waals surface area (Å²) in [5.41, 5.74) is -0.699. The summed E-state index contributed by atoms with van der Waals surface area (Å²) < 4.78 is 88.4. The van der Waals surface area contributed by atoms with Crippen molar-refractivity contribution in [3.05, 3.63) is 52.7 Å². The molecule has 0 atom stereocenters. The highest BCUT2D eigenvalue weighted by Gasteiger charge is 2.29. The number of hydrogen-bond donors (Lipinski definition) is 0. The number of nitrogens with zero attached hydrogens (tertiary/aromatic N) is 1. The summed E-state index contributed by atoms with van der Waals surface area (Å²) in [4.78, 5) is -1.16. The van der Waals surface area contributed by atoms with E-state index in [0.29, 0.717) is 24.1 Å². The Labute approximate surface area is 167 Å². The number of methoxy groups -OCH3 is 1. The fourth-order valence-electron chi connectivity index (χ4n) is 2.80. The molecule has 5 nitrogen and oxygen atoms in total. The Hall–Kier alpha value is -2.59. The van der Waals surface area contributed by atoms with Crippen LogP contribution in [0.1, 0.15) is 12.2 Å². The minimum absolute atomic E-state index is 0.141. The minimum atomic E-state index is -4.22. The first-order valence-corrected chi connectivity index (χ1v) is 10.1. The van der Waals surface area contributed by atoms with Gasteiger partial charge in [-0.2, -0.15) is 0 Å². The Morgan fingerprint density at radius 1 is 1.10 bits per heavy atom. The normalized spacial score (nSPS) is 11.9. The molecule has 29 heavy (non-hydrogen) atoms. The molecule has 0 radical (unpaired) electrons. The standard InChI is InChI=1S/C18H12ClF4NO4S/c1-27-13-4-3-8(5-10(13)19)15-14(16(18(22)23)28-24-15)9-6-11(20)17(12(21)7-9)29(2,25)26/h3-7,18H,1-2H3. The lowest BCUT2D eigenvalue weighted by atomic mass is 9.98. The molecule has 1 heterocycles. The molecule has 0 N–H and O–H groups in total. The maximum Gasteiger partial charge on any atom is 0.298 e. The molecule has 0 amide bonds. The maximum atomic E-state index is 14.3. The van der Waals surface area contributed by atoms with Gasteiger partial charge in [0.15, 0.2) is 9.84 Å². The molecule has 0 aliphatic carbocycles. The van der Waals surface area contributed by atoms with Gasteiger partial charge in [-0.25, -0.2) is 26.0 Å². The number of alkyl halides is 2. The van der Waals surface area contributed by atoms with Gasteiger partial charge in [-0.15, -0.1) is 0 Å². The van der Waals surface area contributed by atoms with Crippen LogP contribution in [0.2, 0.25) is 5.02 Å². The van der Waals surface area contributed by atoms with Crippen LogP contribution in [-0.4, -0.2) is 26.9 Å². The lowest BCUT2D eigenvalue weighted by molar-refractivity contribution is 0.113. The first-order chi connectivity index (χ1) is 13.5. The van der Waals surface area contributed by atoms with Crippen LogP contribution >= 0.6 is 11.6 Å². The lowest BCUT2D eigenvalue weighted by Gasteiger charge is -2.09. The van der Waals surface area contributed by atoms with Crippen LogP contribution in [0.15, 0.2) is 39.8 Å². The predicted molar refractivity (Wildman–Crippen MR) is 96.9 cm³/mol. The predicted octanol–water partition coefficient (Wildman–Crippen LogP) is 5.29. The van der Waals surface area contributed by atoms with E-state index in [2.05, 4.69) is 5.16 Å². The molecule has 0 saturated carbocycles. The Kier molecular flexibility index (Phi) is 5.59. The van der Waals surface area contributed by atoms with Gasteiger partial charge in [0.1, 0.15) is 28.0 Å². The SMILES string of the molecule is COc1ccc(-c2noc(C(F)F)c2-c2cc(F)c(S(C)(=O)=O)c(F)c2)cc1Cl. The van der Waals surface area contributed by atoms with Gasteiger partial charge in [0.2, 0.25) is 5.76 Å². The largest absolute Gasteiger partial charge is 0.495 e. The lowest BCUT2D eigenvalue weighted by Crippen LogP contribution is -2.05. The van der Waals surface area contributed by atoms with Gasteiger partial charge in [0.05, 0.1) is 17.7 Å². The van der Waals surface area contributed by atoms with Gasteiger partial charge in [0.25, 0.3) is 6.43 Å². The fraction of sp³-hybridized carbons (Fsp3) is 0.167. The van der Waals surface area contributed by atoms with Crippen molar-refractivity contribution in [2.45, 2.75) is 11.3 Å². The quantitative estimate of drug-likeness (QED) is 0.495. The van der Waals surface area contributed by atoms with Crippen LogP contribution in [0.25, 0.3) is 22.4 Å². The van der Waals surface area contributed by atoms with Crippen LogP contribution < -0.4 is 4.74 Å². The highest BCUT2D eigenvalue weighted by atomic mass is 35.5. The van der Waals surface area contributed by atoms with Crippen molar-refractivity contribution in [3.8, 4) is 28.1 Å². The molecule has 0 aliphatic heterocycles. The minimum Gasteiger partial charge on any atom is -0.495 e. The van der Waals surface area contributed by atoms with Crippen molar-refractivity contribution < 1.29 is 35.2 Å². The van der Waals surface area contributed by atoms with Gasteiger partial charge in [-0.1, -0.05) is 16.8 Å². The van der Waals surface area contributed by atoms with Crippen molar-refractivity contribution >= 4 is 21.4 Å². The number of aromatic nitrogens is 1. The molecule has 3 rings (SSSR count). The Morgan fingerprint density at radius 2 is 1.72 bits per heavy atom. The van der Waals surface area contributed by atoms with Crippen molar-refractivity contribution in [3.63, 3.8) is 0 Å². The number of sulfone groups is 1. The number of hydrogen-bond acceptors (Lipinski definition) is 5. The smallest absolute Gasteiger partial charge is 0.298 e. The molecule has 0 bridgehead atoms. The first-order valence-electron chi connectivity index (χ1n) is 7.85. The fourth-order valence-corrected chi connectivity index (χ4v) is 3.88. The zero-order valence-electron chi connectivity index (χ0n) is 14.8. The molecule has 1 aromatic heterocycles. The molecular formula is C18H12ClF4NO4S. The van der Waals surface area contributed by atoms with Crippen molar-refractivity contribution in [2.75, 3.05) is 13.4 Å². The number of ether oxygens (including phenoxy) is 1. The average Bonchev–Trinajstić information content (AvgIpc) is 3.05. The molecule has 154 valence electrons. The van der Waals surface area contributed by atoms with E-state index >= 15 is 0 Å². The van der Waals surface area contributed by atoms with Gasteiger partial charge < -0.3 is 9.26 Å². The summed E-state index contributed by atoms with van der Waals surface area (Å²) in [7, 11) is -2.84. The molecule has 2 aromatic carbocycles. The molecular weight excluding hydrogens is 438 g/mol. The molecule has 0 aliphatic rings. The molecule has 0 saturated heterocycles. The van der Waals surface area contributed by atoms with Crippen LogP contribution in [-0.2, 0) is 9.84 Å². The summed E-state index contributed by atoms with van der Waals surface area (Å²) in [5, 5.41) is 3.73. The zero-order valence-corrected chi connectivity index (χ0v) is 16.4. The van der Waals surface area contributed by atoms with Gasteiger partial charge in [0, 0.05) is 11.8 Å². The van der Waals surface area contributed by atoms with Gasteiger partial charge >= 0.3 is 0 Å². The van der Waals surface area contributed by atoms with E-state index in [1.807, 2.05) is 0 Å². The maximum absolute atomic E-state index is 14.3. The second kappa shape index (κ2) is 7.68. The van der Waals surface area contributed by atoms with E-state index in [4.69, 9.17) is 20.9 Å². The Balaban J connectivity index is 2.27. The summed E-state index contributed by atoms with van der Waals surface area (Å²) in [5.74, 6) is -3.48. The molecule has 0 unspecified atom stereocenters. The van der Waals surface area contributed by atoms with Crippen LogP contribution in [0.3, 0.4) is 0 Å². The summed E-state index contributed by atoms with van der Waals surface area (Å²) in [6, 6.07) is 5.51. The second-order valence-corrected chi connectivity index (χ2v) is 8.32. The average molecular weight is 450 g/mol. The van der Waals surface area contributed by atoms with E-state index in [9.17, 15) is 26.0 Å². The highest BCUT2D eigenvalue weighted by Crippen LogP contribution is 2.41. The molecule has 3 aromatic rings. The number of benzene rings is 2. The zero-order chi connectivity index (χ0) is 21.5. The Morgan fingerprint density at radius 3 is 2.21 bits per heavy atom. The third kappa shape index (κ3) is 3.95. The topological polar surface area (TPSA) is 69.4 Å². The molecule has 0 spiro atoms. The van der Waals surface area contributed by atoms with Crippen LogP contribution in [0, 0.1) is 11.6 Å². The second-order valence-electron chi connectivity index (χ2n) is 5.96. The summed E-state index contributed by atoms with van der Waals surface area (Å²) in [6.07, 6.45) is -2.52. The number of rotatable bonds is 5. The van der Waals surface area contributed by atoms with Crippen molar-refractivity contribution in [1.82, 2.24) is 5.16 Å². The van der Waals surface area contributed by atoms with E-state index in [1.54, 1.807) is 0 Å². The van der Waals surface area contributed by atoms with Crippen molar-refractivity contribution in [1.29, 1.82) is 0 Å². The highest BCUT2D eigenvalue weighted by molar-refractivity contribution is 7.90. The van der Waals surface area contributed by atoms with Crippen LogP contribution in [0.4, 0.5) is 17.6 Å². The van der Waals surface area contributed by atoms with E-state index in [-0.39, 0.29) is 27.4 Å². The van der Waals surface area contributed by atoms with E-state index < -0.39 is 38.6 Å². The van der Waals surface area contributed by atoms with E-state index in [0.717, 1.165) is 0 Å². The third-order valence-electron chi connectivity index (χ3n) is 4.00. The van der Waals surface area contributed by atoms with Gasteiger partial charge in [-0.3, -0.25) is 0 Å².